The van der Waals surface area contributed by atoms with E-state index in [2.05, 4.69) is 24.1 Å². The first-order valence-electron chi connectivity index (χ1n) is 6.85. The summed E-state index contributed by atoms with van der Waals surface area (Å²) >= 11 is 0. The summed E-state index contributed by atoms with van der Waals surface area (Å²) < 4.78 is 6.07. The van der Waals surface area contributed by atoms with E-state index < -0.39 is 0 Å². The standard InChI is InChI=1S/C13H26N2O/c1-11(2)14-9-12-5-6-13(16-12)10-15-7-3-4-8-15/h11-14H,3-10H2,1-2H3. The molecule has 0 aliphatic carbocycles. The molecule has 0 aromatic heterocycles. The smallest absolute Gasteiger partial charge is 0.0707 e. The summed E-state index contributed by atoms with van der Waals surface area (Å²) in [6.45, 7) is 9.14. The zero-order chi connectivity index (χ0) is 11.4. The van der Waals surface area contributed by atoms with Crippen molar-refractivity contribution in [3.63, 3.8) is 0 Å². The van der Waals surface area contributed by atoms with E-state index in [0.717, 1.165) is 13.1 Å². The summed E-state index contributed by atoms with van der Waals surface area (Å²) in [5, 5.41) is 3.46. The second-order valence-corrected chi connectivity index (χ2v) is 5.53. The van der Waals surface area contributed by atoms with Crippen LogP contribution in [0.4, 0.5) is 0 Å². The topological polar surface area (TPSA) is 24.5 Å². The highest BCUT2D eigenvalue weighted by molar-refractivity contribution is 4.79. The molecular formula is C13H26N2O. The van der Waals surface area contributed by atoms with Crippen LogP contribution in [-0.2, 0) is 4.74 Å². The highest BCUT2D eigenvalue weighted by Crippen LogP contribution is 2.21. The van der Waals surface area contributed by atoms with Gasteiger partial charge in [-0.2, -0.15) is 0 Å². The van der Waals surface area contributed by atoms with Crippen molar-refractivity contribution < 1.29 is 4.74 Å². The van der Waals surface area contributed by atoms with Crippen LogP contribution in [-0.4, -0.2) is 49.3 Å². The second-order valence-electron chi connectivity index (χ2n) is 5.53. The molecule has 0 aromatic rings. The van der Waals surface area contributed by atoms with Gasteiger partial charge in [-0.05, 0) is 38.8 Å². The maximum absolute atomic E-state index is 6.07. The maximum atomic E-state index is 6.07. The fourth-order valence-electron chi connectivity index (χ4n) is 2.68. The Balaban J connectivity index is 1.63. The monoisotopic (exact) mass is 226 g/mol. The average Bonchev–Trinajstić information content (AvgIpc) is 2.87. The highest BCUT2D eigenvalue weighted by atomic mass is 16.5. The summed E-state index contributed by atoms with van der Waals surface area (Å²) in [6.07, 6.45) is 6.20. The molecule has 2 saturated heterocycles. The molecule has 16 heavy (non-hydrogen) atoms. The normalized spacial score (nSPS) is 31.7. The van der Waals surface area contributed by atoms with E-state index >= 15 is 0 Å². The minimum atomic E-state index is 0.454. The Morgan fingerprint density at radius 1 is 1.19 bits per heavy atom. The predicted molar refractivity (Wildman–Crippen MR) is 66.7 cm³/mol. The molecule has 0 radical (unpaired) electrons. The highest BCUT2D eigenvalue weighted by Gasteiger charge is 2.27. The molecular weight excluding hydrogens is 200 g/mol. The van der Waals surface area contributed by atoms with Gasteiger partial charge in [0.25, 0.3) is 0 Å². The van der Waals surface area contributed by atoms with E-state index in [9.17, 15) is 0 Å². The molecule has 2 aliphatic rings. The Kier molecular flexibility index (Phi) is 4.62. The van der Waals surface area contributed by atoms with Crippen molar-refractivity contribution >= 4 is 0 Å². The van der Waals surface area contributed by atoms with Gasteiger partial charge in [-0.15, -0.1) is 0 Å². The Hall–Kier alpha value is -0.120. The average molecular weight is 226 g/mol. The van der Waals surface area contributed by atoms with Crippen molar-refractivity contribution in [3.8, 4) is 0 Å². The lowest BCUT2D eigenvalue weighted by Crippen LogP contribution is -2.34. The van der Waals surface area contributed by atoms with E-state index in [4.69, 9.17) is 4.74 Å². The van der Waals surface area contributed by atoms with E-state index in [1.807, 2.05) is 0 Å². The molecule has 0 aromatic carbocycles. The minimum Gasteiger partial charge on any atom is -0.372 e. The third-order valence-corrected chi connectivity index (χ3v) is 3.61. The van der Waals surface area contributed by atoms with Crippen LogP contribution < -0.4 is 5.32 Å². The van der Waals surface area contributed by atoms with Crippen molar-refractivity contribution in [1.82, 2.24) is 10.2 Å². The van der Waals surface area contributed by atoms with Gasteiger partial charge < -0.3 is 15.0 Å². The molecule has 2 fully saturated rings. The first-order valence-corrected chi connectivity index (χ1v) is 6.85. The van der Waals surface area contributed by atoms with Crippen LogP contribution in [0.3, 0.4) is 0 Å². The molecule has 0 saturated carbocycles. The van der Waals surface area contributed by atoms with Crippen LogP contribution in [0.5, 0.6) is 0 Å². The van der Waals surface area contributed by atoms with E-state index in [1.54, 1.807) is 0 Å². The van der Waals surface area contributed by atoms with Crippen molar-refractivity contribution in [1.29, 1.82) is 0 Å². The number of nitrogens with one attached hydrogen (secondary N) is 1. The summed E-state index contributed by atoms with van der Waals surface area (Å²) in [5.41, 5.74) is 0. The molecule has 3 nitrogen and oxygen atoms in total. The number of hydrogen-bond donors (Lipinski definition) is 1. The minimum absolute atomic E-state index is 0.454. The van der Waals surface area contributed by atoms with Crippen molar-refractivity contribution in [2.75, 3.05) is 26.2 Å². The molecule has 2 rings (SSSR count). The SMILES string of the molecule is CC(C)NCC1CCC(CN2CCCC2)O1. The molecule has 0 amide bonds. The van der Waals surface area contributed by atoms with Gasteiger partial charge in [0.2, 0.25) is 0 Å². The molecule has 0 spiro atoms. The third-order valence-electron chi connectivity index (χ3n) is 3.61. The molecule has 2 atom stereocenters. The predicted octanol–water partition coefficient (Wildman–Crippen LogP) is 1.63. The van der Waals surface area contributed by atoms with Crippen LogP contribution in [0.2, 0.25) is 0 Å². The van der Waals surface area contributed by atoms with Crippen molar-refractivity contribution in [2.45, 2.75) is 57.8 Å². The second kappa shape index (κ2) is 5.99. The molecule has 0 bridgehead atoms. The van der Waals surface area contributed by atoms with Crippen LogP contribution in [0.15, 0.2) is 0 Å². The van der Waals surface area contributed by atoms with Crippen LogP contribution in [0.25, 0.3) is 0 Å². The number of ether oxygens (including phenoxy) is 1. The van der Waals surface area contributed by atoms with Gasteiger partial charge in [-0.3, -0.25) is 0 Å². The lowest BCUT2D eigenvalue weighted by atomic mass is 10.2. The molecule has 1 N–H and O–H groups in total. The van der Waals surface area contributed by atoms with Crippen LogP contribution >= 0.6 is 0 Å². The molecule has 3 heteroatoms. The summed E-state index contributed by atoms with van der Waals surface area (Å²) in [6, 6.07) is 0.571. The van der Waals surface area contributed by atoms with Crippen LogP contribution in [0, 0.1) is 0 Å². The number of nitrogens with zero attached hydrogens (tertiary/aromatic N) is 1. The Morgan fingerprint density at radius 3 is 2.56 bits per heavy atom. The van der Waals surface area contributed by atoms with Gasteiger partial charge in [0, 0.05) is 19.1 Å². The Labute approximate surface area is 99.5 Å². The zero-order valence-electron chi connectivity index (χ0n) is 10.7. The number of hydrogen-bond acceptors (Lipinski definition) is 3. The van der Waals surface area contributed by atoms with E-state index in [-0.39, 0.29) is 0 Å². The fourth-order valence-corrected chi connectivity index (χ4v) is 2.68. The largest absolute Gasteiger partial charge is 0.372 e. The number of rotatable bonds is 5. The van der Waals surface area contributed by atoms with Gasteiger partial charge in [0.15, 0.2) is 0 Å². The molecule has 94 valence electrons. The summed E-state index contributed by atoms with van der Waals surface area (Å²) in [4.78, 5) is 2.56. The fraction of sp³-hybridized carbons (Fsp3) is 1.00. The van der Waals surface area contributed by atoms with Crippen molar-refractivity contribution in [2.24, 2.45) is 0 Å². The quantitative estimate of drug-likeness (QED) is 0.771. The first kappa shape index (κ1) is 12.3. The lowest BCUT2D eigenvalue weighted by Gasteiger charge is -2.20. The molecule has 2 aliphatic heterocycles. The van der Waals surface area contributed by atoms with Gasteiger partial charge in [0.05, 0.1) is 12.2 Å². The maximum Gasteiger partial charge on any atom is 0.0707 e. The summed E-state index contributed by atoms with van der Waals surface area (Å²) in [7, 11) is 0. The molecule has 2 unspecified atom stereocenters. The van der Waals surface area contributed by atoms with Gasteiger partial charge >= 0.3 is 0 Å². The van der Waals surface area contributed by atoms with Gasteiger partial charge in [-0.1, -0.05) is 13.8 Å². The number of likely N-dealkylation sites (tertiary alicyclic amines) is 1. The zero-order valence-corrected chi connectivity index (χ0v) is 10.7. The molecule has 2 heterocycles. The Morgan fingerprint density at radius 2 is 1.88 bits per heavy atom. The third kappa shape index (κ3) is 3.72. The van der Waals surface area contributed by atoms with Gasteiger partial charge in [-0.25, -0.2) is 0 Å². The van der Waals surface area contributed by atoms with Crippen molar-refractivity contribution in [3.05, 3.63) is 0 Å². The van der Waals surface area contributed by atoms with E-state index in [1.165, 1.54) is 38.8 Å². The van der Waals surface area contributed by atoms with Crippen LogP contribution in [0.1, 0.15) is 39.5 Å². The summed E-state index contributed by atoms with van der Waals surface area (Å²) in [5.74, 6) is 0. The van der Waals surface area contributed by atoms with E-state index in [0.29, 0.717) is 18.2 Å². The van der Waals surface area contributed by atoms with Gasteiger partial charge in [0.1, 0.15) is 0 Å². The Bertz CT molecular complexity index is 202. The first-order chi connectivity index (χ1) is 7.74. The lowest BCUT2D eigenvalue weighted by molar-refractivity contribution is 0.0267.